The van der Waals surface area contributed by atoms with Gasteiger partial charge in [-0.05, 0) is 31.2 Å². The van der Waals surface area contributed by atoms with E-state index in [-0.39, 0.29) is 23.3 Å². The SMILES string of the molecule is COc1ncnc(OC)c1-n1c(CS(=O)(=O)[C@@H](C)[C@H](C)c2ccc(Cl)cn2)nnc1-c1cccnc1. The summed E-state index contributed by atoms with van der Waals surface area (Å²) in [5.74, 6) is -0.0104. The maximum atomic E-state index is 13.6. The van der Waals surface area contributed by atoms with Gasteiger partial charge in [0.05, 0.1) is 24.5 Å². The second-order valence-electron chi connectivity index (χ2n) is 7.96. The van der Waals surface area contributed by atoms with Crippen LogP contribution in [-0.4, -0.2) is 62.6 Å². The fraction of sp³-hybridized carbons (Fsp3) is 0.304. The van der Waals surface area contributed by atoms with Gasteiger partial charge in [0.2, 0.25) is 11.8 Å². The molecule has 4 aromatic rings. The van der Waals surface area contributed by atoms with Crippen LogP contribution in [0.2, 0.25) is 5.02 Å². The Kier molecular flexibility index (Phi) is 7.45. The van der Waals surface area contributed by atoms with Gasteiger partial charge in [-0.1, -0.05) is 18.5 Å². The highest BCUT2D eigenvalue weighted by atomic mass is 35.5. The summed E-state index contributed by atoms with van der Waals surface area (Å²) in [6.07, 6.45) is 6.00. The van der Waals surface area contributed by atoms with E-state index in [1.165, 1.54) is 31.3 Å². The molecule has 0 saturated heterocycles. The molecule has 11 nitrogen and oxygen atoms in total. The molecule has 0 aliphatic carbocycles. The standard InChI is InChI=1S/C23H24ClN7O4S/c1-14(18-8-7-17(24)11-26-18)15(2)36(32,33)12-19-29-30-21(16-6-5-9-25-10-16)31(19)20-22(34-3)27-13-28-23(20)35-4/h5-11,13-15H,12H2,1-4H3/t14-,15-/m0/s1. The number of halogens is 1. The van der Waals surface area contributed by atoms with Crippen molar-refractivity contribution in [2.45, 2.75) is 30.8 Å². The van der Waals surface area contributed by atoms with Crippen molar-refractivity contribution in [3.05, 3.63) is 65.7 Å². The Labute approximate surface area is 213 Å². The van der Waals surface area contributed by atoms with Crippen LogP contribution in [0.3, 0.4) is 0 Å². The van der Waals surface area contributed by atoms with Gasteiger partial charge in [0, 0.05) is 35.8 Å². The van der Waals surface area contributed by atoms with Gasteiger partial charge in [0.25, 0.3) is 0 Å². The number of pyridine rings is 2. The summed E-state index contributed by atoms with van der Waals surface area (Å²) >= 11 is 5.94. The Morgan fingerprint density at radius 3 is 2.31 bits per heavy atom. The lowest BCUT2D eigenvalue weighted by molar-refractivity contribution is 0.368. The molecule has 36 heavy (non-hydrogen) atoms. The van der Waals surface area contributed by atoms with Crippen LogP contribution in [0.1, 0.15) is 31.3 Å². The summed E-state index contributed by atoms with van der Waals surface area (Å²) in [5, 5.41) is 8.22. The van der Waals surface area contributed by atoms with Gasteiger partial charge in [0.15, 0.2) is 27.2 Å². The first-order valence-electron chi connectivity index (χ1n) is 10.9. The molecular weight excluding hydrogens is 506 g/mol. The van der Waals surface area contributed by atoms with E-state index in [1.54, 1.807) is 50.5 Å². The highest BCUT2D eigenvalue weighted by Gasteiger charge is 2.32. The summed E-state index contributed by atoms with van der Waals surface area (Å²) in [6, 6.07) is 6.93. The fourth-order valence-corrected chi connectivity index (χ4v) is 5.37. The first kappa shape index (κ1) is 25.5. The lowest BCUT2D eigenvalue weighted by Crippen LogP contribution is -2.27. The summed E-state index contributed by atoms with van der Waals surface area (Å²) in [6.45, 7) is 3.45. The van der Waals surface area contributed by atoms with Crippen LogP contribution < -0.4 is 9.47 Å². The zero-order chi connectivity index (χ0) is 25.9. The van der Waals surface area contributed by atoms with Crippen LogP contribution in [0.25, 0.3) is 17.1 Å². The van der Waals surface area contributed by atoms with Crippen LogP contribution in [0.15, 0.2) is 49.2 Å². The lowest BCUT2D eigenvalue weighted by atomic mass is 10.0. The van der Waals surface area contributed by atoms with E-state index >= 15 is 0 Å². The first-order valence-corrected chi connectivity index (χ1v) is 13.0. The van der Waals surface area contributed by atoms with Crippen molar-refractivity contribution in [3.63, 3.8) is 0 Å². The third kappa shape index (κ3) is 5.00. The molecule has 0 N–H and O–H groups in total. The largest absolute Gasteiger partial charge is 0.479 e. The minimum absolute atomic E-state index is 0.142. The topological polar surface area (TPSA) is 135 Å². The molecule has 188 valence electrons. The molecular formula is C23H24ClN7O4S. The van der Waals surface area contributed by atoms with Crippen LogP contribution in [0.4, 0.5) is 0 Å². The molecule has 0 amide bonds. The molecule has 0 fully saturated rings. The summed E-state index contributed by atoms with van der Waals surface area (Å²) < 4.78 is 39.6. The summed E-state index contributed by atoms with van der Waals surface area (Å²) in [4.78, 5) is 16.8. The highest BCUT2D eigenvalue weighted by molar-refractivity contribution is 7.91. The Bertz CT molecular complexity index is 1430. The molecule has 0 aromatic carbocycles. The fourth-order valence-electron chi connectivity index (χ4n) is 3.68. The molecule has 4 aromatic heterocycles. The second kappa shape index (κ2) is 10.5. The maximum Gasteiger partial charge on any atom is 0.245 e. The minimum Gasteiger partial charge on any atom is -0.479 e. The minimum atomic E-state index is -3.74. The van der Waals surface area contributed by atoms with Gasteiger partial charge in [-0.2, -0.15) is 9.97 Å². The molecule has 0 aliphatic rings. The van der Waals surface area contributed by atoms with Crippen molar-refractivity contribution in [3.8, 4) is 28.8 Å². The highest BCUT2D eigenvalue weighted by Crippen LogP contribution is 2.34. The Hall–Kier alpha value is -3.64. The number of methoxy groups -OCH3 is 2. The molecule has 0 radical (unpaired) electrons. The maximum absolute atomic E-state index is 13.6. The first-order chi connectivity index (χ1) is 17.3. The van der Waals surface area contributed by atoms with Crippen molar-refractivity contribution in [1.29, 1.82) is 0 Å². The third-order valence-electron chi connectivity index (χ3n) is 5.83. The van der Waals surface area contributed by atoms with Gasteiger partial charge in [0.1, 0.15) is 12.1 Å². The predicted octanol–water partition coefficient (Wildman–Crippen LogP) is 3.29. The second-order valence-corrected chi connectivity index (χ2v) is 10.8. The van der Waals surface area contributed by atoms with E-state index < -0.39 is 26.8 Å². The van der Waals surface area contributed by atoms with Crippen LogP contribution in [0.5, 0.6) is 11.8 Å². The van der Waals surface area contributed by atoms with E-state index in [1.807, 2.05) is 0 Å². The van der Waals surface area contributed by atoms with Gasteiger partial charge in [-0.15, -0.1) is 10.2 Å². The van der Waals surface area contributed by atoms with E-state index in [2.05, 4.69) is 30.1 Å². The molecule has 2 atom stereocenters. The molecule has 0 saturated carbocycles. The van der Waals surface area contributed by atoms with E-state index in [0.29, 0.717) is 22.1 Å². The Balaban J connectivity index is 1.81. The summed E-state index contributed by atoms with van der Waals surface area (Å²) in [5.41, 5.74) is 1.50. The number of sulfone groups is 1. The molecule has 0 bridgehead atoms. The monoisotopic (exact) mass is 529 g/mol. The van der Waals surface area contributed by atoms with Crippen LogP contribution >= 0.6 is 11.6 Å². The molecule has 13 heteroatoms. The predicted molar refractivity (Wildman–Crippen MR) is 133 cm³/mol. The van der Waals surface area contributed by atoms with Gasteiger partial charge in [-0.25, -0.2) is 8.42 Å². The van der Waals surface area contributed by atoms with Gasteiger partial charge >= 0.3 is 0 Å². The van der Waals surface area contributed by atoms with Gasteiger partial charge < -0.3 is 9.47 Å². The van der Waals surface area contributed by atoms with Crippen molar-refractivity contribution in [2.24, 2.45) is 0 Å². The molecule has 4 heterocycles. The van der Waals surface area contributed by atoms with E-state index in [0.717, 1.165) is 0 Å². The average molecular weight is 530 g/mol. The molecule has 0 aliphatic heterocycles. The Morgan fingerprint density at radius 1 is 1.00 bits per heavy atom. The average Bonchev–Trinajstić information content (AvgIpc) is 3.30. The Morgan fingerprint density at radius 2 is 1.72 bits per heavy atom. The molecule has 0 spiro atoms. The summed E-state index contributed by atoms with van der Waals surface area (Å²) in [7, 11) is -0.857. The number of aromatic nitrogens is 7. The molecule has 4 rings (SSSR count). The van der Waals surface area contributed by atoms with E-state index in [4.69, 9.17) is 21.1 Å². The number of hydrogen-bond acceptors (Lipinski definition) is 10. The van der Waals surface area contributed by atoms with Crippen molar-refractivity contribution < 1.29 is 17.9 Å². The van der Waals surface area contributed by atoms with Crippen LogP contribution in [-0.2, 0) is 15.6 Å². The van der Waals surface area contributed by atoms with Crippen molar-refractivity contribution in [2.75, 3.05) is 14.2 Å². The zero-order valence-corrected chi connectivity index (χ0v) is 21.6. The van der Waals surface area contributed by atoms with Crippen molar-refractivity contribution >= 4 is 21.4 Å². The number of ether oxygens (including phenoxy) is 2. The molecule has 0 unspecified atom stereocenters. The van der Waals surface area contributed by atoms with E-state index in [9.17, 15) is 8.42 Å². The zero-order valence-electron chi connectivity index (χ0n) is 20.0. The normalized spacial score (nSPS) is 13.2. The number of rotatable bonds is 9. The van der Waals surface area contributed by atoms with Gasteiger partial charge in [-0.3, -0.25) is 14.5 Å². The number of hydrogen-bond donors (Lipinski definition) is 0. The third-order valence-corrected chi connectivity index (χ3v) is 8.26. The smallest absolute Gasteiger partial charge is 0.245 e. The van der Waals surface area contributed by atoms with Crippen LogP contribution in [0, 0.1) is 0 Å². The number of nitrogens with zero attached hydrogens (tertiary/aromatic N) is 7. The van der Waals surface area contributed by atoms with Crippen molar-refractivity contribution in [1.82, 2.24) is 34.7 Å². The quantitative estimate of drug-likeness (QED) is 0.317. The lowest BCUT2D eigenvalue weighted by Gasteiger charge is -2.20.